The standard InChI is InChI=1S/C13H14F3NO2/c1-13(2)7-19-4-3-17(13)12(18)8-5-9(14)11(16)10(15)6-8/h5-6H,3-4,7H2,1-2H3. The van der Waals surface area contributed by atoms with E-state index in [2.05, 4.69) is 0 Å². The third-order valence-electron chi connectivity index (χ3n) is 3.12. The number of halogens is 3. The van der Waals surface area contributed by atoms with Crippen molar-refractivity contribution in [3.05, 3.63) is 35.1 Å². The smallest absolute Gasteiger partial charge is 0.254 e. The van der Waals surface area contributed by atoms with Crippen molar-refractivity contribution < 1.29 is 22.7 Å². The van der Waals surface area contributed by atoms with Crippen molar-refractivity contribution in [2.24, 2.45) is 0 Å². The first-order valence-electron chi connectivity index (χ1n) is 5.87. The highest BCUT2D eigenvalue weighted by molar-refractivity contribution is 5.94. The maximum atomic E-state index is 13.1. The minimum absolute atomic E-state index is 0.202. The monoisotopic (exact) mass is 273 g/mol. The van der Waals surface area contributed by atoms with Crippen molar-refractivity contribution in [1.82, 2.24) is 4.90 Å². The molecule has 1 saturated heterocycles. The second-order valence-corrected chi connectivity index (χ2v) is 5.08. The maximum Gasteiger partial charge on any atom is 0.254 e. The molecule has 1 aromatic rings. The molecule has 0 bridgehead atoms. The summed E-state index contributed by atoms with van der Waals surface area (Å²) in [6.45, 7) is 4.61. The Kier molecular flexibility index (Phi) is 3.54. The molecule has 0 atom stereocenters. The highest BCUT2D eigenvalue weighted by atomic mass is 19.2. The molecule has 0 radical (unpaired) electrons. The summed E-state index contributed by atoms with van der Waals surface area (Å²) < 4.78 is 44.4. The number of rotatable bonds is 1. The lowest BCUT2D eigenvalue weighted by Crippen LogP contribution is -2.55. The summed E-state index contributed by atoms with van der Waals surface area (Å²) in [6, 6.07) is 1.43. The van der Waals surface area contributed by atoms with E-state index < -0.39 is 28.9 Å². The Balaban J connectivity index is 2.34. The van der Waals surface area contributed by atoms with Gasteiger partial charge in [-0.3, -0.25) is 4.79 Å². The molecule has 0 saturated carbocycles. The van der Waals surface area contributed by atoms with Crippen LogP contribution >= 0.6 is 0 Å². The van der Waals surface area contributed by atoms with Crippen molar-refractivity contribution >= 4 is 5.91 Å². The molecule has 0 N–H and O–H groups in total. The lowest BCUT2D eigenvalue weighted by molar-refractivity contribution is -0.0371. The van der Waals surface area contributed by atoms with Gasteiger partial charge in [0.25, 0.3) is 5.91 Å². The molecule has 0 aromatic heterocycles. The van der Waals surface area contributed by atoms with Crippen LogP contribution in [-0.2, 0) is 4.74 Å². The molecule has 1 aliphatic heterocycles. The van der Waals surface area contributed by atoms with Crippen LogP contribution in [0, 0.1) is 17.5 Å². The molecule has 1 heterocycles. The average molecular weight is 273 g/mol. The third kappa shape index (κ3) is 2.58. The van der Waals surface area contributed by atoms with Crippen LogP contribution in [0.25, 0.3) is 0 Å². The first kappa shape index (κ1) is 13.9. The van der Waals surface area contributed by atoms with Crippen LogP contribution in [0.15, 0.2) is 12.1 Å². The topological polar surface area (TPSA) is 29.5 Å². The Bertz CT molecular complexity index is 494. The number of ether oxygens (including phenoxy) is 1. The van der Waals surface area contributed by atoms with Crippen molar-refractivity contribution in [1.29, 1.82) is 0 Å². The van der Waals surface area contributed by atoms with Crippen LogP contribution in [-0.4, -0.2) is 36.1 Å². The van der Waals surface area contributed by atoms with Gasteiger partial charge >= 0.3 is 0 Å². The molecule has 6 heteroatoms. The van der Waals surface area contributed by atoms with E-state index in [0.29, 0.717) is 31.9 Å². The number of nitrogens with zero attached hydrogens (tertiary/aromatic N) is 1. The first-order valence-corrected chi connectivity index (χ1v) is 5.87. The van der Waals surface area contributed by atoms with Gasteiger partial charge in [0.1, 0.15) is 0 Å². The molecule has 3 nitrogen and oxygen atoms in total. The summed E-state index contributed by atoms with van der Waals surface area (Å²) >= 11 is 0. The summed E-state index contributed by atoms with van der Waals surface area (Å²) in [4.78, 5) is 13.7. The molecule has 0 aliphatic carbocycles. The van der Waals surface area contributed by atoms with E-state index in [9.17, 15) is 18.0 Å². The lowest BCUT2D eigenvalue weighted by atomic mass is 10.0. The van der Waals surface area contributed by atoms with E-state index in [1.54, 1.807) is 13.8 Å². The van der Waals surface area contributed by atoms with Crippen LogP contribution in [0.2, 0.25) is 0 Å². The van der Waals surface area contributed by atoms with Gasteiger partial charge in [0.15, 0.2) is 17.5 Å². The summed E-state index contributed by atoms with van der Waals surface area (Å²) in [7, 11) is 0. The summed E-state index contributed by atoms with van der Waals surface area (Å²) in [5.41, 5.74) is -0.775. The molecule has 19 heavy (non-hydrogen) atoms. The second kappa shape index (κ2) is 4.85. The average Bonchev–Trinajstić information content (AvgIpc) is 2.34. The van der Waals surface area contributed by atoms with Gasteiger partial charge < -0.3 is 9.64 Å². The van der Waals surface area contributed by atoms with Crippen molar-refractivity contribution in [3.63, 3.8) is 0 Å². The third-order valence-corrected chi connectivity index (χ3v) is 3.12. The molecule has 1 amide bonds. The Morgan fingerprint density at radius 1 is 1.26 bits per heavy atom. The normalized spacial score (nSPS) is 18.5. The lowest BCUT2D eigenvalue weighted by Gasteiger charge is -2.42. The Morgan fingerprint density at radius 2 is 1.84 bits per heavy atom. The van der Waals surface area contributed by atoms with Crippen LogP contribution in [0.3, 0.4) is 0 Å². The number of hydrogen-bond donors (Lipinski definition) is 0. The fraction of sp³-hybridized carbons (Fsp3) is 0.462. The molecule has 0 spiro atoms. The highest BCUT2D eigenvalue weighted by Gasteiger charge is 2.35. The number of carbonyl (C=O) groups is 1. The minimum Gasteiger partial charge on any atom is -0.377 e. The molecular weight excluding hydrogens is 259 g/mol. The SMILES string of the molecule is CC1(C)COCCN1C(=O)c1cc(F)c(F)c(F)c1. The van der Waals surface area contributed by atoms with Crippen molar-refractivity contribution in [2.45, 2.75) is 19.4 Å². The van der Waals surface area contributed by atoms with E-state index in [-0.39, 0.29) is 5.56 Å². The van der Waals surface area contributed by atoms with E-state index in [1.165, 1.54) is 4.90 Å². The highest BCUT2D eigenvalue weighted by Crippen LogP contribution is 2.23. The van der Waals surface area contributed by atoms with Gasteiger partial charge in [-0.05, 0) is 26.0 Å². The quantitative estimate of drug-likeness (QED) is 0.735. The molecule has 1 fully saturated rings. The zero-order valence-electron chi connectivity index (χ0n) is 10.7. The maximum absolute atomic E-state index is 13.1. The zero-order chi connectivity index (χ0) is 14.2. The summed E-state index contributed by atoms with van der Waals surface area (Å²) in [5.74, 6) is -4.84. The molecule has 104 valence electrons. The van der Waals surface area contributed by atoms with Gasteiger partial charge in [-0.15, -0.1) is 0 Å². The predicted molar refractivity (Wildman–Crippen MR) is 62.3 cm³/mol. The van der Waals surface area contributed by atoms with Crippen LogP contribution in [0.1, 0.15) is 24.2 Å². The Hall–Kier alpha value is -1.56. The predicted octanol–water partition coefficient (Wildman–Crippen LogP) is 2.35. The van der Waals surface area contributed by atoms with Gasteiger partial charge in [-0.25, -0.2) is 13.2 Å². The van der Waals surface area contributed by atoms with E-state index in [1.807, 2.05) is 0 Å². The first-order chi connectivity index (χ1) is 8.83. The molecule has 1 aliphatic rings. The number of benzene rings is 1. The van der Waals surface area contributed by atoms with Crippen LogP contribution in [0.5, 0.6) is 0 Å². The largest absolute Gasteiger partial charge is 0.377 e. The molecule has 1 aromatic carbocycles. The van der Waals surface area contributed by atoms with Crippen molar-refractivity contribution in [2.75, 3.05) is 19.8 Å². The van der Waals surface area contributed by atoms with Gasteiger partial charge in [0, 0.05) is 12.1 Å². The Labute approximate surface area is 109 Å². The summed E-state index contributed by atoms with van der Waals surface area (Å²) in [6.07, 6.45) is 0. The van der Waals surface area contributed by atoms with Crippen LogP contribution in [0.4, 0.5) is 13.2 Å². The zero-order valence-corrected chi connectivity index (χ0v) is 10.7. The molecule has 2 rings (SSSR count). The summed E-state index contributed by atoms with van der Waals surface area (Å²) in [5, 5.41) is 0. The number of hydrogen-bond acceptors (Lipinski definition) is 2. The van der Waals surface area contributed by atoms with Gasteiger partial charge in [-0.1, -0.05) is 0 Å². The van der Waals surface area contributed by atoms with Crippen LogP contribution < -0.4 is 0 Å². The van der Waals surface area contributed by atoms with Gasteiger partial charge in [0.05, 0.1) is 18.8 Å². The van der Waals surface area contributed by atoms with E-state index in [4.69, 9.17) is 4.74 Å². The van der Waals surface area contributed by atoms with Gasteiger partial charge in [0.2, 0.25) is 0 Å². The van der Waals surface area contributed by atoms with E-state index >= 15 is 0 Å². The Morgan fingerprint density at radius 3 is 2.37 bits per heavy atom. The number of carbonyl (C=O) groups excluding carboxylic acids is 1. The van der Waals surface area contributed by atoms with Crippen molar-refractivity contribution in [3.8, 4) is 0 Å². The van der Waals surface area contributed by atoms with Gasteiger partial charge in [-0.2, -0.15) is 0 Å². The number of amides is 1. The minimum atomic E-state index is -1.57. The molecular formula is C13H14F3NO2. The molecule has 0 unspecified atom stereocenters. The fourth-order valence-corrected chi connectivity index (χ4v) is 2.07. The fourth-order valence-electron chi connectivity index (χ4n) is 2.07. The number of morpholine rings is 1. The second-order valence-electron chi connectivity index (χ2n) is 5.08. The van der Waals surface area contributed by atoms with E-state index in [0.717, 1.165) is 0 Å².